The minimum absolute atomic E-state index is 0.237. The predicted molar refractivity (Wildman–Crippen MR) is 90.6 cm³/mol. The van der Waals surface area contributed by atoms with Gasteiger partial charge in [0.1, 0.15) is 0 Å². The van der Waals surface area contributed by atoms with Gasteiger partial charge in [-0.1, -0.05) is 29.8 Å². The zero-order valence-corrected chi connectivity index (χ0v) is 14.4. The zero-order valence-electron chi connectivity index (χ0n) is 13.6. The maximum Gasteiger partial charge on any atom is 0.428 e. The fourth-order valence-electron chi connectivity index (χ4n) is 2.94. The van der Waals surface area contributed by atoms with Gasteiger partial charge in [0.15, 0.2) is 5.82 Å². The van der Waals surface area contributed by atoms with Gasteiger partial charge in [0.05, 0.1) is 11.0 Å². The Labute approximate surface area is 147 Å². The maximum absolute atomic E-state index is 14.0. The normalized spacial score (nSPS) is 14.7. The molecule has 0 aliphatic carbocycles. The van der Waals surface area contributed by atoms with E-state index in [-0.39, 0.29) is 17.1 Å². The molecule has 7 heteroatoms. The molecule has 0 radical (unpaired) electrons. The molecule has 3 nitrogen and oxygen atoms in total. The van der Waals surface area contributed by atoms with Crippen LogP contribution < -0.4 is 0 Å². The Bertz CT molecular complexity index is 918. The number of alkyl halides is 3. The first-order chi connectivity index (χ1) is 11.7. The van der Waals surface area contributed by atoms with Crippen LogP contribution in [0.25, 0.3) is 11.0 Å². The predicted octanol–water partition coefficient (Wildman–Crippen LogP) is 4.82. The number of aryl methyl sites for hydroxylation is 2. The molecular weight excluding hydrogens is 353 g/mol. The van der Waals surface area contributed by atoms with Crippen LogP contribution in [0.1, 0.15) is 23.9 Å². The Morgan fingerprint density at radius 2 is 1.76 bits per heavy atom. The van der Waals surface area contributed by atoms with Crippen molar-refractivity contribution in [2.24, 2.45) is 0 Å². The molecule has 0 bridgehead atoms. The molecule has 0 saturated carbocycles. The summed E-state index contributed by atoms with van der Waals surface area (Å²) < 4.78 is 43.3. The van der Waals surface area contributed by atoms with Crippen LogP contribution in [0.15, 0.2) is 42.5 Å². The first-order valence-corrected chi connectivity index (χ1v) is 8.08. The van der Waals surface area contributed by atoms with E-state index in [0.29, 0.717) is 11.0 Å². The topological polar surface area (TPSA) is 38.0 Å². The van der Waals surface area contributed by atoms with E-state index in [1.807, 2.05) is 6.92 Å². The van der Waals surface area contributed by atoms with Gasteiger partial charge < -0.3 is 9.67 Å². The van der Waals surface area contributed by atoms with E-state index >= 15 is 0 Å². The molecular formula is C18H16ClF3N2O. The Hall–Kier alpha value is -2.05. The first kappa shape index (κ1) is 17.8. The van der Waals surface area contributed by atoms with Crippen LogP contribution in [0, 0.1) is 6.92 Å². The van der Waals surface area contributed by atoms with Crippen molar-refractivity contribution in [3.05, 3.63) is 64.4 Å². The summed E-state index contributed by atoms with van der Waals surface area (Å²) in [7, 11) is 0. The second-order valence-electron chi connectivity index (χ2n) is 5.89. The monoisotopic (exact) mass is 368 g/mol. The van der Waals surface area contributed by atoms with Gasteiger partial charge in [-0.3, -0.25) is 0 Å². The molecule has 0 amide bonds. The lowest BCUT2D eigenvalue weighted by Crippen LogP contribution is -2.45. The summed E-state index contributed by atoms with van der Waals surface area (Å²) in [6.07, 6.45) is -4.95. The van der Waals surface area contributed by atoms with Crippen molar-refractivity contribution < 1.29 is 18.3 Å². The van der Waals surface area contributed by atoms with Crippen molar-refractivity contribution in [1.29, 1.82) is 0 Å². The Balaban J connectivity index is 2.35. The van der Waals surface area contributed by atoms with E-state index in [1.165, 1.54) is 28.8 Å². The summed E-state index contributed by atoms with van der Waals surface area (Å²) in [6, 6.07) is 10.1. The highest BCUT2D eigenvalue weighted by molar-refractivity contribution is 6.30. The van der Waals surface area contributed by atoms with Crippen LogP contribution in [0.2, 0.25) is 5.02 Å². The number of hydrogen-bond donors (Lipinski definition) is 1. The van der Waals surface area contributed by atoms with Gasteiger partial charge in [0, 0.05) is 17.1 Å². The summed E-state index contributed by atoms with van der Waals surface area (Å²) in [5, 5.41) is 11.1. The minimum atomic E-state index is -4.95. The number of halogens is 4. The summed E-state index contributed by atoms with van der Waals surface area (Å²) in [4.78, 5) is 4.12. The van der Waals surface area contributed by atoms with Crippen molar-refractivity contribution >= 4 is 22.6 Å². The van der Waals surface area contributed by atoms with Gasteiger partial charge >= 0.3 is 6.18 Å². The third-order valence-electron chi connectivity index (χ3n) is 4.22. The van der Waals surface area contributed by atoms with E-state index in [9.17, 15) is 18.3 Å². The molecule has 0 aliphatic rings. The fourth-order valence-corrected chi connectivity index (χ4v) is 3.07. The van der Waals surface area contributed by atoms with E-state index < -0.39 is 17.6 Å². The van der Waals surface area contributed by atoms with E-state index in [1.54, 1.807) is 25.1 Å². The molecule has 3 aromatic rings. The SMILES string of the molecule is CCn1c(C(O)(c2ccc(Cl)cc2)C(F)(F)F)nc2ccc(C)cc21. The molecule has 1 heterocycles. The van der Waals surface area contributed by atoms with Crippen LogP contribution in [-0.4, -0.2) is 20.8 Å². The molecule has 2 aromatic carbocycles. The summed E-state index contributed by atoms with van der Waals surface area (Å²) >= 11 is 5.78. The quantitative estimate of drug-likeness (QED) is 0.720. The lowest BCUT2D eigenvalue weighted by molar-refractivity contribution is -0.252. The van der Waals surface area contributed by atoms with Gasteiger partial charge in [-0.15, -0.1) is 0 Å². The molecule has 0 saturated heterocycles. The fraction of sp³-hybridized carbons (Fsp3) is 0.278. The number of benzene rings is 2. The highest BCUT2D eigenvalue weighted by Gasteiger charge is 2.59. The third kappa shape index (κ3) is 2.79. The second-order valence-corrected chi connectivity index (χ2v) is 6.32. The smallest absolute Gasteiger partial charge is 0.370 e. The van der Waals surface area contributed by atoms with Crippen LogP contribution in [0.5, 0.6) is 0 Å². The Morgan fingerprint density at radius 3 is 2.32 bits per heavy atom. The first-order valence-electron chi connectivity index (χ1n) is 7.71. The molecule has 0 aliphatic heterocycles. The lowest BCUT2D eigenvalue weighted by atomic mass is 9.92. The van der Waals surface area contributed by atoms with Gasteiger partial charge in [0.2, 0.25) is 5.60 Å². The Morgan fingerprint density at radius 1 is 1.12 bits per heavy atom. The molecule has 3 rings (SSSR count). The zero-order chi connectivity index (χ0) is 18.4. The maximum atomic E-state index is 14.0. The average molecular weight is 369 g/mol. The number of imidazole rings is 1. The van der Waals surface area contributed by atoms with Crippen LogP contribution in [0.3, 0.4) is 0 Å². The average Bonchev–Trinajstić information content (AvgIpc) is 2.91. The van der Waals surface area contributed by atoms with E-state index in [0.717, 1.165) is 5.56 Å². The minimum Gasteiger partial charge on any atom is -0.370 e. The van der Waals surface area contributed by atoms with E-state index in [4.69, 9.17) is 11.6 Å². The largest absolute Gasteiger partial charge is 0.428 e. The highest BCUT2D eigenvalue weighted by Crippen LogP contribution is 2.44. The molecule has 1 N–H and O–H groups in total. The molecule has 1 unspecified atom stereocenters. The Kier molecular flexibility index (Phi) is 4.29. The molecule has 25 heavy (non-hydrogen) atoms. The molecule has 0 spiro atoms. The van der Waals surface area contributed by atoms with Crippen molar-refractivity contribution in [1.82, 2.24) is 9.55 Å². The van der Waals surface area contributed by atoms with Crippen molar-refractivity contribution in [2.45, 2.75) is 32.2 Å². The van der Waals surface area contributed by atoms with Crippen molar-refractivity contribution in [2.75, 3.05) is 0 Å². The number of fused-ring (bicyclic) bond motifs is 1. The summed E-state index contributed by atoms with van der Waals surface area (Å²) in [5.41, 5.74) is -1.71. The summed E-state index contributed by atoms with van der Waals surface area (Å²) in [6.45, 7) is 3.80. The number of nitrogens with zero attached hydrogens (tertiary/aromatic N) is 2. The molecule has 0 fully saturated rings. The molecule has 132 valence electrons. The van der Waals surface area contributed by atoms with Gasteiger partial charge in [-0.2, -0.15) is 13.2 Å². The number of aromatic nitrogens is 2. The van der Waals surface area contributed by atoms with E-state index in [2.05, 4.69) is 4.98 Å². The van der Waals surface area contributed by atoms with Crippen LogP contribution in [0.4, 0.5) is 13.2 Å². The van der Waals surface area contributed by atoms with Gasteiger partial charge in [0.25, 0.3) is 0 Å². The molecule has 1 aromatic heterocycles. The number of rotatable bonds is 3. The van der Waals surface area contributed by atoms with Crippen molar-refractivity contribution in [3.63, 3.8) is 0 Å². The third-order valence-corrected chi connectivity index (χ3v) is 4.47. The van der Waals surface area contributed by atoms with Gasteiger partial charge in [-0.05, 0) is 43.7 Å². The van der Waals surface area contributed by atoms with Crippen molar-refractivity contribution in [3.8, 4) is 0 Å². The van der Waals surface area contributed by atoms with Crippen LogP contribution >= 0.6 is 11.6 Å². The number of hydrogen-bond acceptors (Lipinski definition) is 2. The highest BCUT2D eigenvalue weighted by atomic mass is 35.5. The number of aliphatic hydroxyl groups is 1. The van der Waals surface area contributed by atoms with Crippen LogP contribution in [-0.2, 0) is 12.1 Å². The summed E-state index contributed by atoms with van der Waals surface area (Å²) in [5.74, 6) is -0.453. The van der Waals surface area contributed by atoms with Gasteiger partial charge in [-0.25, -0.2) is 4.98 Å². The second kappa shape index (κ2) is 6.04. The molecule has 1 atom stereocenters. The lowest BCUT2D eigenvalue weighted by Gasteiger charge is -2.30. The standard InChI is InChI=1S/C18H16ClF3N2O/c1-3-24-15-10-11(2)4-9-14(15)23-16(24)17(25,18(20,21)22)12-5-7-13(19)8-6-12/h4-10,25H,3H2,1-2H3.